The van der Waals surface area contributed by atoms with Gasteiger partial charge in [-0.2, -0.15) is 0 Å². The number of amides is 1. The van der Waals surface area contributed by atoms with Crippen molar-refractivity contribution in [3.63, 3.8) is 0 Å². The Morgan fingerprint density at radius 3 is 2.82 bits per heavy atom. The molecular formula is C14H20N2O. The molecule has 0 saturated carbocycles. The lowest BCUT2D eigenvalue weighted by molar-refractivity contribution is -0.122. The predicted octanol–water partition coefficient (Wildman–Crippen LogP) is 1.57. The Hall–Kier alpha value is -1.35. The van der Waals surface area contributed by atoms with E-state index in [2.05, 4.69) is 29.2 Å². The molecule has 1 aromatic carbocycles. The number of hydrogen-bond acceptors (Lipinski definition) is 2. The summed E-state index contributed by atoms with van der Waals surface area (Å²) in [5, 5.41) is 0. The van der Waals surface area contributed by atoms with Crippen LogP contribution in [0.2, 0.25) is 0 Å². The van der Waals surface area contributed by atoms with Crippen LogP contribution in [-0.4, -0.2) is 29.9 Å². The topological polar surface area (TPSA) is 46.3 Å². The van der Waals surface area contributed by atoms with Crippen molar-refractivity contribution in [2.75, 3.05) is 13.1 Å². The Balaban J connectivity index is 1.77. The number of nitrogens with two attached hydrogens (primary N) is 1. The van der Waals surface area contributed by atoms with Gasteiger partial charge in [0.25, 0.3) is 0 Å². The summed E-state index contributed by atoms with van der Waals surface area (Å²) in [5.41, 5.74) is 6.75. The summed E-state index contributed by atoms with van der Waals surface area (Å²) in [6.45, 7) is 1.99. The summed E-state index contributed by atoms with van der Waals surface area (Å²) >= 11 is 0. The second-order valence-electron chi connectivity index (χ2n) is 4.69. The number of primary amides is 1. The zero-order valence-corrected chi connectivity index (χ0v) is 10.1. The lowest BCUT2D eigenvalue weighted by Gasteiger charge is -2.21. The van der Waals surface area contributed by atoms with Crippen molar-refractivity contribution in [3.8, 4) is 0 Å². The number of benzene rings is 1. The normalized spacial score (nSPS) is 20.6. The van der Waals surface area contributed by atoms with Crippen LogP contribution in [0.3, 0.4) is 0 Å². The minimum atomic E-state index is -0.165. The molecule has 1 atom stereocenters. The van der Waals surface area contributed by atoms with E-state index in [1.165, 1.54) is 5.56 Å². The molecule has 1 saturated heterocycles. The van der Waals surface area contributed by atoms with Crippen molar-refractivity contribution in [2.45, 2.75) is 31.7 Å². The van der Waals surface area contributed by atoms with Gasteiger partial charge in [-0.05, 0) is 44.3 Å². The molecule has 0 radical (unpaired) electrons. The summed E-state index contributed by atoms with van der Waals surface area (Å²) in [6, 6.07) is 10.4. The number of nitrogens with zero attached hydrogens (tertiary/aromatic N) is 1. The molecule has 0 bridgehead atoms. The molecule has 1 aliphatic rings. The number of hydrogen-bond donors (Lipinski definition) is 1. The molecule has 1 heterocycles. The fourth-order valence-electron chi connectivity index (χ4n) is 2.55. The molecule has 1 amide bonds. The third-order valence-electron chi connectivity index (χ3n) is 3.45. The Labute approximate surface area is 103 Å². The Morgan fingerprint density at radius 2 is 2.12 bits per heavy atom. The van der Waals surface area contributed by atoms with Gasteiger partial charge in [0, 0.05) is 0 Å². The highest BCUT2D eigenvalue weighted by molar-refractivity contribution is 5.80. The maximum absolute atomic E-state index is 11.2. The maximum Gasteiger partial charge on any atom is 0.234 e. The lowest BCUT2D eigenvalue weighted by atomic mass is 10.1. The Kier molecular flexibility index (Phi) is 4.15. The van der Waals surface area contributed by atoms with Crippen LogP contribution in [-0.2, 0) is 11.2 Å². The van der Waals surface area contributed by atoms with Gasteiger partial charge in [-0.3, -0.25) is 9.69 Å². The molecule has 0 aliphatic carbocycles. The van der Waals surface area contributed by atoms with Crippen molar-refractivity contribution >= 4 is 5.91 Å². The first-order chi connectivity index (χ1) is 8.27. The van der Waals surface area contributed by atoms with Gasteiger partial charge in [0.2, 0.25) is 5.91 Å². The smallest absolute Gasteiger partial charge is 0.234 e. The molecule has 1 unspecified atom stereocenters. The average molecular weight is 232 g/mol. The van der Waals surface area contributed by atoms with E-state index in [1.807, 2.05) is 6.07 Å². The van der Waals surface area contributed by atoms with Gasteiger partial charge < -0.3 is 5.73 Å². The van der Waals surface area contributed by atoms with E-state index < -0.39 is 0 Å². The second kappa shape index (κ2) is 5.82. The molecule has 0 spiro atoms. The van der Waals surface area contributed by atoms with E-state index >= 15 is 0 Å². The van der Waals surface area contributed by atoms with Crippen LogP contribution < -0.4 is 5.73 Å². The summed E-state index contributed by atoms with van der Waals surface area (Å²) in [5.74, 6) is -0.165. The standard InChI is InChI=1S/C14H20N2O/c15-14(17)13-9-5-11-16(13)10-4-8-12-6-2-1-3-7-12/h1-3,6-7,13H,4-5,8-11H2,(H2,15,17). The number of carbonyl (C=O) groups is 1. The third-order valence-corrected chi connectivity index (χ3v) is 3.45. The monoisotopic (exact) mass is 232 g/mol. The Morgan fingerprint density at radius 1 is 1.35 bits per heavy atom. The van der Waals surface area contributed by atoms with Gasteiger partial charge >= 0.3 is 0 Å². The Bertz CT molecular complexity index is 364. The number of likely N-dealkylation sites (tertiary alicyclic amines) is 1. The molecule has 1 aromatic rings. The van der Waals surface area contributed by atoms with Crippen LogP contribution in [0, 0.1) is 0 Å². The summed E-state index contributed by atoms with van der Waals surface area (Å²) in [6.07, 6.45) is 4.19. The molecule has 17 heavy (non-hydrogen) atoms. The van der Waals surface area contributed by atoms with Gasteiger partial charge in [-0.25, -0.2) is 0 Å². The van der Waals surface area contributed by atoms with Crippen LogP contribution in [0.5, 0.6) is 0 Å². The van der Waals surface area contributed by atoms with Crippen molar-refractivity contribution in [1.82, 2.24) is 4.90 Å². The van der Waals surface area contributed by atoms with Crippen molar-refractivity contribution in [3.05, 3.63) is 35.9 Å². The van der Waals surface area contributed by atoms with Gasteiger partial charge in [-0.1, -0.05) is 30.3 Å². The maximum atomic E-state index is 11.2. The van der Waals surface area contributed by atoms with Gasteiger partial charge in [0.15, 0.2) is 0 Å². The van der Waals surface area contributed by atoms with E-state index in [0.717, 1.165) is 38.8 Å². The number of carbonyl (C=O) groups excluding carboxylic acids is 1. The van der Waals surface area contributed by atoms with E-state index in [0.29, 0.717) is 0 Å². The van der Waals surface area contributed by atoms with Gasteiger partial charge in [0.05, 0.1) is 6.04 Å². The molecule has 1 aliphatic heterocycles. The molecule has 2 N–H and O–H groups in total. The highest BCUT2D eigenvalue weighted by Gasteiger charge is 2.27. The molecule has 0 aromatic heterocycles. The first kappa shape index (κ1) is 12.1. The van der Waals surface area contributed by atoms with E-state index in [9.17, 15) is 4.79 Å². The minimum absolute atomic E-state index is 0.0224. The van der Waals surface area contributed by atoms with Crippen LogP contribution in [0.4, 0.5) is 0 Å². The van der Waals surface area contributed by atoms with Crippen LogP contribution in [0.1, 0.15) is 24.8 Å². The fourth-order valence-corrected chi connectivity index (χ4v) is 2.55. The molecule has 3 nitrogen and oxygen atoms in total. The number of aryl methyl sites for hydroxylation is 1. The average Bonchev–Trinajstić information content (AvgIpc) is 2.79. The van der Waals surface area contributed by atoms with Gasteiger partial charge in [-0.15, -0.1) is 0 Å². The van der Waals surface area contributed by atoms with Gasteiger partial charge in [0.1, 0.15) is 0 Å². The number of rotatable bonds is 5. The largest absolute Gasteiger partial charge is 0.368 e. The second-order valence-corrected chi connectivity index (χ2v) is 4.69. The zero-order valence-electron chi connectivity index (χ0n) is 10.1. The lowest BCUT2D eigenvalue weighted by Crippen LogP contribution is -2.40. The first-order valence-electron chi connectivity index (χ1n) is 6.34. The quantitative estimate of drug-likeness (QED) is 0.837. The highest BCUT2D eigenvalue weighted by Crippen LogP contribution is 2.17. The SMILES string of the molecule is NC(=O)C1CCCN1CCCc1ccccc1. The minimum Gasteiger partial charge on any atom is -0.368 e. The molecular weight excluding hydrogens is 212 g/mol. The molecule has 92 valence electrons. The van der Waals surface area contributed by atoms with E-state index in [4.69, 9.17) is 5.73 Å². The fraction of sp³-hybridized carbons (Fsp3) is 0.500. The molecule has 1 fully saturated rings. The van der Waals surface area contributed by atoms with Crippen molar-refractivity contribution < 1.29 is 4.79 Å². The van der Waals surface area contributed by atoms with Crippen LogP contribution in [0.15, 0.2) is 30.3 Å². The van der Waals surface area contributed by atoms with Crippen molar-refractivity contribution in [1.29, 1.82) is 0 Å². The van der Waals surface area contributed by atoms with Crippen LogP contribution in [0.25, 0.3) is 0 Å². The van der Waals surface area contributed by atoms with E-state index in [-0.39, 0.29) is 11.9 Å². The third kappa shape index (κ3) is 3.30. The van der Waals surface area contributed by atoms with Crippen LogP contribution >= 0.6 is 0 Å². The first-order valence-corrected chi connectivity index (χ1v) is 6.34. The predicted molar refractivity (Wildman–Crippen MR) is 68.6 cm³/mol. The summed E-state index contributed by atoms with van der Waals surface area (Å²) in [7, 11) is 0. The van der Waals surface area contributed by atoms with Crippen molar-refractivity contribution in [2.24, 2.45) is 5.73 Å². The summed E-state index contributed by atoms with van der Waals surface area (Å²) < 4.78 is 0. The zero-order chi connectivity index (χ0) is 12.1. The van der Waals surface area contributed by atoms with E-state index in [1.54, 1.807) is 0 Å². The molecule has 3 heteroatoms. The highest BCUT2D eigenvalue weighted by atomic mass is 16.1. The molecule has 2 rings (SSSR count). The summed E-state index contributed by atoms with van der Waals surface area (Å²) in [4.78, 5) is 13.5.